The number of nitrogens with zero attached hydrogens (tertiary/aromatic N) is 2. The van der Waals surface area contributed by atoms with E-state index < -0.39 is 0 Å². The predicted molar refractivity (Wildman–Crippen MR) is 143 cm³/mol. The molecule has 3 aromatic carbocycles. The van der Waals surface area contributed by atoms with Crippen LogP contribution < -0.4 is 5.32 Å². The van der Waals surface area contributed by atoms with Crippen LogP contribution in [0.25, 0.3) is 22.0 Å². The molecular formula is C31H31N3O2. The van der Waals surface area contributed by atoms with E-state index in [1.165, 1.54) is 37.5 Å². The molecule has 182 valence electrons. The summed E-state index contributed by atoms with van der Waals surface area (Å²) < 4.78 is 0. The highest BCUT2D eigenvalue weighted by atomic mass is 16.3. The van der Waals surface area contributed by atoms with E-state index in [9.17, 15) is 9.90 Å². The van der Waals surface area contributed by atoms with Crippen LogP contribution in [0.3, 0.4) is 0 Å². The summed E-state index contributed by atoms with van der Waals surface area (Å²) in [5.41, 5.74) is 5.83. The van der Waals surface area contributed by atoms with Gasteiger partial charge in [0.05, 0.1) is 23.5 Å². The first-order chi connectivity index (χ1) is 17.6. The highest BCUT2D eigenvalue weighted by Crippen LogP contribution is 2.36. The van der Waals surface area contributed by atoms with E-state index in [1.807, 2.05) is 30.3 Å². The SMILES string of the molecule is O=C(Cc1ccc2ccccc2c1)Nc1nc2c(nc1CC1CCCCC1)-c1ccc(O)cc1CC2. The summed E-state index contributed by atoms with van der Waals surface area (Å²) >= 11 is 0. The average molecular weight is 478 g/mol. The van der Waals surface area contributed by atoms with Gasteiger partial charge in [-0.15, -0.1) is 0 Å². The molecule has 1 heterocycles. The average Bonchev–Trinajstić information content (AvgIpc) is 2.89. The van der Waals surface area contributed by atoms with Crippen molar-refractivity contribution in [1.82, 2.24) is 9.97 Å². The van der Waals surface area contributed by atoms with Crippen LogP contribution in [0.4, 0.5) is 5.82 Å². The number of fused-ring (bicyclic) bond motifs is 4. The fraction of sp³-hybridized carbons (Fsp3) is 0.323. The van der Waals surface area contributed by atoms with E-state index in [4.69, 9.17) is 9.97 Å². The minimum absolute atomic E-state index is 0.0643. The number of rotatable bonds is 5. The number of benzene rings is 3. The normalized spacial score (nSPS) is 15.3. The van der Waals surface area contributed by atoms with E-state index in [0.29, 0.717) is 18.2 Å². The molecule has 0 bridgehead atoms. The molecule has 5 nitrogen and oxygen atoms in total. The number of anilines is 1. The summed E-state index contributed by atoms with van der Waals surface area (Å²) in [5.74, 6) is 1.41. The molecule has 6 rings (SSSR count). The lowest BCUT2D eigenvalue weighted by atomic mass is 9.85. The van der Waals surface area contributed by atoms with E-state index in [2.05, 4.69) is 29.6 Å². The summed E-state index contributed by atoms with van der Waals surface area (Å²) in [6, 6.07) is 19.9. The molecule has 36 heavy (non-hydrogen) atoms. The van der Waals surface area contributed by atoms with Gasteiger partial charge >= 0.3 is 0 Å². The minimum Gasteiger partial charge on any atom is -0.508 e. The monoisotopic (exact) mass is 477 g/mol. The van der Waals surface area contributed by atoms with E-state index in [-0.39, 0.29) is 11.7 Å². The van der Waals surface area contributed by atoms with E-state index in [0.717, 1.165) is 58.4 Å². The van der Waals surface area contributed by atoms with Crippen molar-refractivity contribution in [3.8, 4) is 17.0 Å². The number of aromatic nitrogens is 2. The first-order valence-corrected chi connectivity index (χ1v) is 13.1. The quantitative estimate of drug-likeness (QED) is 0.348. The van der Waals surface area contributed by atoms with Gasteiger partial charge in [0.15, 0.2) is 5.82 Å². The smallest absolute Gasteiger partial charge is 0.229 e. The molecule has 0 saturated heterocycles. The second-order valence-corrected chi connectivity index (χ2v) is 10.3. The number of amides is 1. The lowest BCUT2D eigenvalue weighted by Gasteiger charge is -2.24. The molecule has 4 aromatic rings. The van der Waals surface area contributed by atoms with Gasteiger partial charge in [0.2, 0.25) is 5.91 Å². The van der Waals surface area contributed by atoms with Crippen molar-refractivity contribution >= 4 is 22.5 Å². The number of hydrogen-bond donors (Lipinski definition) is 2. The van der Waals surface area contributed by atoms with Gasteiger partial charge in [0, 0.05) is 5.56 Å². The number of carbonyl (C=O) groups is 1. The molecule has 0 aliphatic heterocycles. The maximum absolute atomic E-state index is 13.2. The van der Waals surface area contributed by atoms with Gasteiger partial charge in [-0.2, -0.15) is 0 Å². The van der Waals surface area contributed by atoms with Crippen molar-refractivity contribution in [2.24, 2.45) is 5.92 Å². The molecule has 0 unspecified atom stereocenters. The van der Waals surface area contributed by atoms with Crippen LogP contribution in [0.5, 0.6) is 5.75 Å². The Morgan fingerprint density at radius 2 is 1.75 bits per heavy atom. The fourth-order valence-corrected chi connectivity index (χ4v) is 5.78. The molecule has 0 radical (unpaired) electrons. The summed E-state index contributed by atoms with van der Waals surface area (Å²) in [6.45, 7) is 0. The first kappa shape index (κ1) is 22.7. The summed E-state index contributed by atoms with van der Waals surface area (Å²) in [5, 5.41) is 15.4. The van der Waals surface area contributed by atoms with Gasteiger partial charge in [-0.05, 0) is 65.3 Å². The highest BCUT2D eigenvalue weighted by Gasteiger charge is 2.25. The zero-order chi connectivity index (χ0) is 24.5. The molecule has 0 spiro atoms. The predicted octanol–water partition coefficient (Wildman–Crippen LogP) is 6.41. The van der Waals surface area contributed by atoms with Crippen LogP contribution in [-0.4, -0.2) is 21.0 Å². The van der Waals surface area contributed by atoms with E-state index in [1.54, 1.807) is 6.07 Å². The second-order valence-electron chi connectivity index (χ2n) is 10.3. The third kappa shape index (κ3) is 4.70. The molecule has 1 amide bonds. The zero-order valence-corrected chi connectivity index (χ0v) is 20.5. The van der Waals surface area contributed by atoms with Gasteiger partial charge in [-0.1, -0.05) is 74.6 Å². The van der Waals surface area contributed by atoms with Crippen molar-refractivity contribution in [1.29, 1.82) is 0 Å². The number of phenols is 1. The van der Waals surface area contributed by atoms with Gasteiger partial charge in [-0.3, -0.25) is 4.79 Å². The largest absolute Gasteiger partial charge is 0.508 e. The van der Waals surface area contributed by atoms with Gasteiger partial charge in [0.25, 0.3) is 0 Å². The van der Waals surface area contributed by atoms with Crippen molar-refractivity contribution in [3.05, 3.63) is 83.2 Å². The number of nitrogens with one attached hydrogen (secondary N) is 1. The van der Waals surface area contributed by atoms with Crippen molar-refractivity contribution in [2.75, 3.05) is 5.32 Å². The Balaban J connectivity index is 1.30. The van der Waals surface area contributed by atoms with Gasteiger partial charge < -0.3 is 10.4 Å². The molecule has 5 heteroatoms. The number of hydrogen-bond acceptors (Lipinski definition) is 4. The molecule has 1 aromatic heterocycles. The third-order valence-corrected chi connectivity index (χ3v) is 7.66. The molecule has 2 N–H and O–H groups in total. The van der Waals surface area contributed by atoms with Crippen LogP contribution in [0, 0.1) is 5.92 Å². The Morgan fingerprint density at radius 3 is 2.61 bits per heavy atom. The second kappa shape index (κ2) is 9.73. The standard InChI is InChI=1S/C31H31N3O2/c35-25-13-14-26-24(19-25)12-15-27-30(26)32-28(17-20-6-2-1-3-7-20)31(33-27)34-29(36)18-21-10-11-22-8-4-5-9-23(22)16-21/h4-5,8-11,13-14,16,19-20,35H,1-3,6-7,12,15,17-18H2,(H,33,34,36). The maximum Gasteiger partial charge on any atom is 0.229 e. The number of aromatic hydroxyl groups is 1. The molecule has 2 aliphatic rings. The highest BCUT2D eigenvalue weighted by molar-refractivity contribution is 5.93. The molecule has 1 saturated carbocycles. The summed E-state index contributed by atoms with van der Waals surface area (Å²) in [6.07, 6.45) is 8.91. The van der Waals surface area contributed by atoms with Gasteiger partial charge in [0.1, 0.15) is 5.75 Å². The van der Waals surface area contributed by atoms with E-state index >= 15 is 0 Å². The van der Waals surface area contributed by atoms with Crippen LogP contribution in [0.1, 0.15) is 54.6 Å². The Morgan fingerprint density at radius 1 is 0.917 bits per heavy atom. The Labute approximate surface area is 211 Å². The number of carbonyl (C=O) groups excluding carboxylic acids is 1. The Hall–Kier alpha value is -3.73. The lowest BCUT2D eigenvalue weighted by molar-refractivity contribution is -0.115. The topological polar surface area (TPSA) is 75.1 Å². The van der Waals surface area contributed by atoms with Gasteiger partial charge in [-0.25, -0.2) is 9.97 Å². The van der Waals surface area contributed by atoms with Crippen LogP contribution in [0.15, 0.2) is 60.7 Å². The Kier molecular flexibility index (Phi) is 6.14. The third-order valence-electron chi connectivity index (χ3n) is 7.66. The van der Waals surface area contributed by atoms with Crippen LogP contribution >= 0.6 is 0 Å². The Bertz CT molecular complexity index is 1440. The molecular weight excluding hydrogens is 446 g/mol. The molecule has 1 fully saturated rings. The van der Waals surface area contributed by atoms with Crippen molar-refractivity contribution in [2.45, 2.75) is 57.8 Å². The van der Waals surface area contributed by atoms with Crippen molar-refractivity contribution in [3.63, 3.8) is 0 Å². The lowest BCUT2D eigenvalue weighted by Crippen LogP contribution is -2.21. The summed E-state index contributed by atoms with van der Waals surface area (Å²) in [4.78, 5) is 23.3. The number of aryl methyl sites for hydroxylation is 2. The molecule has 0 atom stereocenters. The minimum atomic E-state index is -0.0643. The fourth-order valence-electron chi connectivity index (χ4n) is 5.78. The first-order valence-electron chi connectivity index (χ1n) is 13.1. The van der Waals surface area contributed by atoms with Crippen LogP contribution in [0.2, 0.25) is 0 Å². The number of phenolic OH excluding ortho intramolecular Hbond substituents is 1. The maximum atomic E-state index is 13.2. The van der Waals surface area contributed by atoms with Crippen molar-refractivity contribution < 1.29 is 9.90 Å². The zero-order valence-electron chi connectivity index (χ0n) is 20.5. The molecule has 2 aliphatic carbocycles. The van der Waals surface area contributed by atoms with Crippen LogP contribution in [-0.2, 0) is 30.5 Å². The summed E-state index contributed by atoms with van der Waals surface area (Å²) in [7, 11) is 0.